The number of rotatable bonds is 9. The lowest BCUT2D eigenvalue weighted by Crippen LogP contribution is -2.44. The summed E-state index contributed by atoms with van der Waals surface area (Å²) in [4.78, 5) is 2.34. The zero-order chi connectivity index (χ0) is 15.2. The highest BCUT2D eigenvalue weighted by molar-refractivity contribution is 7.86. The van der Waals surface area contributed by atoms with Crippen molar-refractivity contribution < 1.29 is 8.42 Å². The number of hydrogen-bond acceptors (Lipinski definition) is 4. The molecule has 0 amide bonds. The highest BCUT2D eigenvalue weighted by atomic mass is 32.2. The van der Waals surface area contributed by atoms with E-state index in [9.17, 15) is 8.42 Å². The van der Waals surface area contributed by atoms with Gasteiger partial charge in [0.1, 0.15) is 0 Å². The van der Waals surface area contributed by atoms with E-state index in [1.807, 2.05) is 7.05 Å². The summed E-state index contributed by atoms with van der Waals surface area (Å²) in [5.74, 6) is 0. The fourth-order valence-electron chi connectivity index (χ4n) is 2.75. The van der Waals surface area contributed by atoms with Crippen molar-refractivity contribution in [3.05, 3.63) is 0 Å². The van der Waals surface area contributed by atoms with Crippen LogP contribution in [0.3, 0.4) is 0 Å². The Morgan fingerprint density at radius 2 is 1.95 bits per heavy atom. The molecule has 1 aliphatic rings. The number of hydrogen-bond donors (Lipinski definition) is 1. The second-order valence-corrected chi connectivity index (χ2v) is 7.34. The Morgan fingerprint density at radius 1 is 1.30 bits per heavy atom. The van der Waals surface area contributed by atoms with Crippen LogP contribution in [0.2, 0.25) is 0 Å². The van der Waals surface area contributed by atoms with Crippen LogP contribution in [0.5, 0.6) is 0 Å². The van der Waals surface area contributed by atoms with Gasteiger partial charge < -0.3 is 5.32 Å². The van der Waals surface area contributed by atoms with Gasteiger partial charge in [-0.15, -0.1) is 0 Å². The van der Waals surface area contributed by atoms with Gasteiger partial charge >= 0.3 is 0 Å². The van der Waals surface area contributed by atoms with Gasteiger partial charge in [0.05, 0.1) is 0 Å². The number of nitrogens with one attached hydrogen (secondary N) is 1. The van der Waals surface area contributed by atoms with Gasteiger partial charge in [0.2, 0.25) is 0 Å². The molecule has 0 bridgehead atoms. The molecule has 0 saturated carbocycles. The molecule has 1 N–H and O–H groups in total. The third kappa shape index (κ3) is 4.39. The van der Waals surface area contributed by atoms with Crippen LogP contribution in [0.1, 0.15) is 26.7 Å². The van der Waals surface area contributed by atoms with E-state index in [2.05, 4.69) is 24.1 Å². The molecule has 0 aromatic carbocycles. The van der Waals surface area contributed by atoms with Crippen LogP contribution in [-0.2, 0) is 10.2 Å². The van der Waals surface area contributed by atoms with Crippen molar-refractivity contribution >= 4 is 10.2 Å². The van der Waals surface area contributed by atoms with Gasteiger partial charge in [-0.2, -0.15) is 17.0 Å². The summed E-state index contributed by atoms with van der Waals surface area (Å²) in [5.41, 5.74) is 0. The summed E-state index contributed by atoms with van der Waals surface area (Å²) in [7, 11) is 0.265. The number of likely N-dealkylation sites (N-methyl/N-ethyl adjacent to an activating group) is 1. The first kappa shape index (κ1) is 17.8. The summed E-state index contributed by atoms with van der Waals surface area (Å²) in [6.45, 7) is 8.88. The molecule has 1 atom stereocenters. The normalized spacial score (nSPS) is 21.2. The second-order valence-electron chi connectivity index (χ2n) is 5.31. The zero-order valence-electron chi connectivity index (χ0n) is 13.3. The molecule has 1 heterocycles. The molecule has 0 radical (unpaired) electrons. The van der Waals surface area contributed by atoms with Gasteiger partial charge in [-0.25, -0.2) is 0 Å². The van der Waals surface area contributed by atoms with E-state index in [-0.39, 0.29) is 0 Å². The maximum absolute atomic E-state index is 12.5. The van der Waals surface area contributed by atoms with Crippen molar-refractivity contribution in [1.29, 1.82) is 0 Å². The maximum atomic E-state index is 12.5. The van der Waals surface area contributed by atoms with Crippen LogP contribution in [0.4, 0.5) is 0 Å². The smallest absolute Gasteiger partial charge is 0.281 e. The molecule has 0 aliphatic carbocycles. The Balaban J connectivity index is 2.57. The summed E-state index contributed by atoms with van der Waals surface area (Å²) in [6, 6.07) is 0.366. The van der Waals surface area contributed by atoms with Crippen LogP contribution in [0, 0.1) is 0 Å². The average Bonchev–Trinajstić information content (AvgIpc) is 2.90. The molecule has 1 unspecified atom stereocenters. The lowest BCUT2D eigenvalue weighted by atomic mass is 10.2. The minimum absolute atomic E-state index is 0.366. The molecule has 20 heavy (non-hydrogen) atoms. The first-order chi connectivity index (χ1) is 9.47. The van der Waals surface area contributed by atoms with Crippen LogP contribution in [0.25, 0.3) is 0 Å². The lowest BCUT2D eigenvalue weighted by molar-refractivity contribution is 0.223. The predicted octanol–water partition coefficient (Wildman–Crippen LogP) is 0.189. The highest BCUT2D eigenvalue weighted by Gasteiger charge is 2.35. The van der Waals surface area contributed by atoms with Crippen LogP contribution < -0.4 is 5.32 Å². The third-order valence-corrected chi connectivity index (χ3v) is 6.03. The first-order valence-corrected chi connectivity index (χ1v) is 8.97. The van der Waals surface area contributed by atoms with Crippen molar-refractivity contribution in [2.75, 3.05) is 53.4 Å². The molecule has 7 heteroatoms. The van der Waals surface area contributed by atoms with Gasteiger partial charge in [-0.1, -0.05) is 13.8 Å². The predicted molar refractivity (Wildman–Crippen MR) is 83.0 cm³/mol. The van der Waals surface area contributed by atoms with E-state index in [0.717, 1.165) is 32.5 Å². The molecule has 6 nitrogen and oxygen atoms in total. The fourth-order valence-corrected chi connectivity index (χ4v) is 4.20. The Hall–Kier alpha value is -0.210. The van der Waals surface area contributed by atoms with E-state index >= 15 is 0 Å². The molecular formula is C13H30N4O2S. The molecule has 0 aromatic heterocycles. The van der Waals surface area contributed by atoms with Gasteiger partial charge in [-0.3, -0.25) is 4.90 Å². The SMILES string of the molecule is CCN(CC)C1CCN(S(=O)(=O)N(C)CCCNC)C1. The van der Waals surface area contributed by atoms with Crippen molar-refractivity contribution in [2.45, 2.75) is 32.7 Å². The van der Waals surface area contributed by atoms with E-state index in [4.69, 9.17) is 0 Å². The van der Waals surface area contributed by atoms with Gasteiger partial charge in [-0.05, 0) is 39.5 Å². The fraction of sp³-hybridized carbons (Fsp3) is 1.00. The quantitative estimate of drug-likeness (QED) is 0.618. The van der Waals surface area contributed by atoms with E-state index in [0.29, 0.717) is 25.7 Å². The molecule has 0 aromatic rings. The molecule has 0 spiro atoms. The largest absolute Gasteiger partial charge is 0.320 e. The molecular weight excluding hydrogens is 276 g/mol. The van der Waals surface area contributed by atoms with Crippen LogP contribution in [0.15, 0.2) is 0 Å². The van der Waals surface area contributed by atoms with Crippen molar-refractivity contribution in [2.24, 2.45) is 0 Å². The molecule has 1 rings (SSSR count). The minimum Gasteiger partial charge on any atom is -0.320 e. The molecule has 1 fully saturated rings. The summed E-state index contributed by atoms with van der Waals surface area (Å²) >= 11 is 0. The Kier molecular flexibility index (Phi) is 7.39. The Labute approximate surface area is 124 Å². The van der Waals surface area contributed by atoms with Crippen molar-refractivity contribution in [1.82, 2.24) is 18.8 Å². The summed E-state index contributed by atoms with van der Waals surface area (Å²) < 4.78 is 28.1. The lowest BCUT2D eigenvalue weighted by Gasteiger charge is -2.27. The van der Waals surface area contributed by atoms with Crippen LogP contribution >= 0.6 is 0 Å². The first-order valence-electron chi connectivity index (χ1n) is 7.57. The maximum Gasteiger partial charge on any atom is 0.281 e. The summed E-state index contributed by atoms with van der Waals surface area (Å²) in [5, 5.41) is 3.04. The van der Waals surface area contributed by atoms with Crippen LogP contribution in [-0.4, -0.2) is 81.3 Å². The van der Waals surface area contributed by atoms with E-state index in [1.54, 1.807) is 11.4 Å². The van der Waals surface area contributed by atoms with Gasteiger partial charge in [0, 0.05) is 32.7 Å². The Bertz CT molecular complexity index is 371. The minimum atomic E-state index is -3.29. The molecule has 1 aliphatic heterocycles. The third-order valence-electron chi connectivity index (χ3n) is 4.07. The molecule has 120 valence electrons. The molecule has 1 saturated heterocycles. The highest BCUT2D eigenvalue weighted by Crippen LogP contribution is 2.20. The second kappa shape index (κ2) is 8.29. The topological polar surface area (TPSA) is 55.9 Å². The summed E-state index contributed by atoms with van der Waals surface area (Å²) in [6.07, 6.45) is 1.77. The van der Waals surface area contributed by atoms with Gasteiger partial charge in [0.25, 0.3) is 10.2 Å². The van der Waals surface area contributed by atoms with E-state index < -0.39 is 10.2 Å². The van der Waals surface area contributed by atoms with E-state index in [1.165, 1.54) is 4.31 Å². The van der Waals surface area contributed by atoms with Gasteiger partial charge in [0.15, 0.2) is 0 Å². The Morgan fingerprint density at radius 3 is 2.50 bits per heavy atom. The van der Waals surface area contributed by atoms with Crippen molar-refractivity contribution in [3.8, 4) is 0 Å². The standard InChI is InChI=1S/C13H30N4O2S/c1-5-16(6-2)13-8-11-17(12-13)20(18,19)15(4)10-7-9-14-3/h13-14H,5-12H2,1-4H3. The average molecular weight is 306 g/mol. The monoisotopic (exact) mass is 306 g/mol. The number of nitrogens with zero attached hydrogens (tertiary/aromatic N) is 3. The zero-order valence-corrected chi connectivity index (χ0v) is 14.1. The van der Waals surface area contributed by atoms with Crippen molar-refractivity contribution in [3.63, 3.8) is 0 Å².